The summed E-state index contributed by atoms with van der Waals surface area (Å²) >= 11 is 0. The topological polar surface area (TPSA) is 63.9 Å². The summed E-state index contributed by atoms with van der Waals surface area (Å²) in [7, 11) is 5.54. The number of furan rings is 1. The number of para-hydroxylation sites is 2. The molecule has 1 aromatic heterocycles. The van der Waals surface area contributed by atoms with Gasteiger partial charge in [0.2, 0.25) is 0 Å². The summed E-state index contributed by atoms with van der Waals surface area (Å²) in [6, 6.07) is 20.5. The Morgan fingerprint density at radius 2 is 1.69 bits per heavy atom. The molecule has 152 valence electrons. The van der Waals surface area contributed by atoms with Crippen molar-refractivity contribution in [2.75, 3.05) is 27.7 Å². The highest BCUT2D eigenvalue weighted by Crippen LogP contribution is 2.27. The summed E-state index contributed by atoms with van der Waals surface area (Å²) < 4.78 is 16.7. The van der Waals surface area contributed by atoms with Gasteiger partial charge >= 0.3 is 0 Å². The third kappa shape index (κ3) is 5.62. The van der Waals surface area contributed by atoms with Crippen LogP contribution in [0.4, 0.5) is 0 Å². The van der Waals surface area contributed by atoms with Crippen LogP contribution in [0.25, 0.3) is 0 Å². The van der Waals surface area contributed by atoms with Gasteiger partial charge in [0.15, 0.2) is 17.3 Å². The summed E-state index contributed by atoms with van der Waals surface area (Å²) in [4.78, 5) is 14.7. The molecule has 0 bridgehead atoms. The van der Waals surface area contributed by atoms with Crippen LogP contribution in [-0.4, -0.2) is 38.6 Å². The second-order valence-electron chi connectivity index (χ2n) is 6.90. The summed E-state index contributed by atoms with van der Waals surface area (Å²) in [6.07, 6.45) is 0. The van der Waals surface area contributed by atoms with E-state index in [1.165, 1.54) is 0 Å². The number of benzene rings is 2. The predicted octanol–water partition coefficient (Wildman–Crippen LogP) is 3.90. The molecule has 1 heterocycles. The Bertz CT molecular complexity index is 921. The maximum Gasteiger partial charge on any atom is 0.287 e. The summed E-state index contributed by atoms with van der Waals surface area (Å²) in [5, 5.41) is 3.05. The number of nitrogens with zero attached hydrogens (tertiary/aromatic N) is 1. The number of methoxy groups -OCH3 is 1. The minimum absolute atomic E-state index is 0.142. The van der Waals surface area contributed by atoms with E-state index >= 15 is 0 Å². The quantitative estimate of drug-likeness (QED) is 0.596. The molecule has 1 unspecified atom stereocenters. The fourth-order valence-corrected chi connectivity index (χ4v) is 2.98. The molecule has 3 rings (SSSR count). The third-order valence-corrected chi connectivity index (χ3v) is 4.38. The van der Waals surface area contributed by atoms with E-state index in [2.05, 4.69) is 5.32 Å². The fourth-order valence-electron chi connectivity index (χ4n) is 2.98. The van der Waals surface area contributed by atoms with Gasteiger partial charge in [-0.25, -0.2) is 0 Å². The Morgan fingerprint density at radius 3 is 2.38 bits per heavy atom. The Labute approximate surface area is 171 Å². The number of likely N-dealkylation sites (N-methyl/N-ethyl adjacent to an activating group) is 1. The van der Waals surface area contributed by atoms with Crippen LogP contribution < -0.4 is 14.8 Å². The first-order valence-corrected chi connectivity index (χ1v) is 9.42. The van der Waals surface area contributed by atoms with Crippen LogP contribution in [0.1, 0.15) is 27.9 Å². The summed E-state index contributed by atoms with van der Waals surface area (Å²) in [5.74, 6) is 1.82. The molecular formula is C23H26N2O4. The number of rotatable bonds is 9. The molecule has 1 atom stereocenters. The van der Waals surface area contributed by atoms with E-state index < -0.39 is 0 Å². The minimum atomic E-state index is -0.260. The lowest BCUT2D eigenvalue weighted by atomic mass is 10.1. The van der Waals surface area contributed by atoms with Crippen LogP contribution in [0.15, 0.2) is 71.1 Å². The first-order valence-electron chi connectivity index (χ1n) is 9.42. The zero-order valence-corrected chi connectivity index (χ0v) is 16.9. The molecule has 0 spiro atoms. The molecule has 0 saturated carbocycles. The number of nitrogens with one attached hydrogen (secondary N) is 1. The maximum absolute atomic E-state index is 12.7. The van der Waals surface area contributed by atoms with Crippen molar-refractivity contribution in [1.29, 1.82) is 0 Å². The Hall–Kier alpha value is -3.25. The molecule has 6 nitrogen and oxygen atoms in total. The van der Waals surface area contributed by atoms with E-state index in [1.807, 2.05) is 73.6 Å². The van der Waals surface area contributed by atoms with Crippen molar-refractivity contribution < 1.29 is 18.7 Å². The van der Waals surface area contributed by atoms with Gasteiger partial charge in [-0.3, -0.25) is 4.79 Å². The van der Waals surface area contributed by atoms with Crippen LogP contribution in [0.3, 0.4) is 0 Å². The number of carbonyl (C=O) groups excluding carboxylic acids is 1. The van der Waals surface area contributed by atoms with Crippen molar-refractivity contribution in [3.63, 3.8) is 0 Å². The molecule has 0 radical (unpaired) electrons. The molecular weight excluding hydrogens is 368 g/mol. The van der Waals surface area contributed by atoms with E-state index in [4.69, 9.17) is 13.9 Å². The van der Waals surface area contributed by atoms with E-state index in [1.54, 1.807) is 19.2 Å². The van der Waals surface area contributed by atoms with Crippen molar-refractivity contribution in [3.05, 3.63) is 83.8 Å². The predicted molar refractivity (Wildman–Crippen MR) is 111 cm³/mol. The normalized spacial score (nSPS) is 11.9. The molecule has 1 N–H and O–H groups in total. The Balaban J connectivity index is 1.65. The second kappa shape index (κ2) is 9.80. The van der Waals surface area contributed by atoms with Crippen LogP contribution in [0, 0.1) is 0 Å². The lowest BCUT2D eigenvalue weighted by molar-refractivity contribution is 0.0897. The molecule has 0 aliphatic rings. The van der Waals surface area contributed by atoms with Crippen LogP contribution in [-0.2, 0) is 6.61 Å². The van der Waals surface area contributed by atoms with Gasteiger partial charge in [-0.1, -0.05) is 42.5 Å². The molecule has 2 aromatic carbocycles. The molecule has 29 heavy (non-hydrogen) atoms. The van der Waals surface area contributed by atoms with Crippen LogP contribution >= 0.6 is 0 Å². The number of carbonyl (C=O) groups is 1. The number of amides is 1. The monoisotopic (exact) mass is 394 g/mol. The molecule has 0 aliphatic carbocycles. The van der Waals surface area contributed by atoms with Gasteiger partial charge in [-0.05, 0) is 43.9 Å². The highest BCUT2D eigenvalue weighted by Gasteiger charge is 2.19. The summed E-state index contributed by atoms with van der Waals surface area (Å²) in [6.45, 7) is 0.883. The average molecular weight is 394 g/mol. The van der Waals surface area contributed by atoms with Gasteiger partial charge in [0.05, 0.1) is 13.2 Å². The van der Waals surface area contributed by atoms with E-state index in [0.29, 0.717) is 23.8 Å². The standard InChI is InChI=1S/C23H26N2O4/c1-25(2)15-19(17-9-5-4-6-10-17)24-23(26)22-14-13-18(29-22)16-28-21-12-8-7-11-20(21)27-3/h4-14,19H,15-16H2,1-3H3,(H,24,26). The van der Waals surface area contributed by atoms with Gasteiger partial charge < -0.3 is 24.1 Å². The fraction of sp³-hybridized carbons (Fsp3) is 0.261. The Kier molecular flexibility index (Phi) is 6.92. The zero-order chi connectivity index (χ0) is 20.6. The largest absolute Gasteiger partial charge is 0.493 e. The van der Waals surface area contributed by atoms with Gasteiger partial charge in [0.1, 0.15) is 12.4 Å². The number of hydrogen-bond donors (Lipinski definition) is 1. The van der Waals surface area contributed by atoms with Gasteiger partial charge in [0, 0.05) is 6.54 Å². The van der Waals surface area contributed by atoms with Crippen LogP contribution in [0.2, 0.25) is 0 Å². The smallest absolute Gasteiger partial charge is 0.287 e. The maximum atomic E-state index is 12.7. The van der Waals surface area contributed by atoms with Crippen molar-refractivity contribution >= 4 is 5.91 Å². The highest BCUT2D eigenvalue weighted by atomic mass is 16.5. The minimum Gasteiger partial charge on any atom is -0.493 e. The molecule has 0 fully saturated rings. The third-order valence-electron chi connectivity index (χ3n) is 4.38. The van der Waals surface area contributed by atoms with Crippen molar-refractivity contribution in [2.45, 2.75) is 12.6 Å². The molecule has 6 heteroatoms. The van der Waals surface area contributed by atoms with Gasteiger partial charge in [0.25, 0.3) is 5.91 Å². The van der Waals surface area contributed by atoms with Gasteiger partial charge in [-0.15, -0.1) is 0 Å². The first-order chi connectivity index (χ1) is 14.1. The van der Waals surface area contributed by atoms with E-state index in [-0.39, 0.29) is 24.3 Å². The van der Waals surface area contributed by atoms with Crippen molar-refractivity contribution in [2.24, 2.45) is 0 Å². The highest BCUT2D eigenvalue weighted by molar-refractivity contribution is 5.91. The second-order valence-corrected chi connectivity index (χ2v) is 6.90. The summed E-state index contributed by atoms with van der Waals surface area (Å²) in [5.41, 5.74) is 1.04. The molecule has 0 saturated heterocycles. The van der Waals surface area contributed by atoms with Crippen molar-refractivity contribution in [1.82, 2.24) is 10.2 Å². The van der Waals surface area contributed by atoms with E-state index in [9.17, 15) is 4.79 Å². The van der Waals surface area contributed by atoms with Crippen LogP contribution in [0.5, 0.6) is 11.5 Å². The number of hydrogen-bond acceptors (Lipinski definition) is 5. The lowest BCUT2D eigenvalue weighted by Crippen LogP contribution is -2.35. The first kappa shape index (κ1) is 20.5. The van der Waals surface area contributed by atoms with Crippen molar-refractivity contribution in [3.8, 4) is 11.5 Å². The number of ether oxygens (including phenoxy) is 2. The van der Waals surface area contributed by atoms with E-state index in [0.717, 1.165) is 5.56 Å². The molecule has 0 aliphatic heterocycles. The van der Waals surface area contributed by atoms with Gasteiger partial charge in [-0.2, -0.15) is 0 Å². The lowest BCUT2D eigenvalue weighted by Gasteiger charge is -2.22. The molecule has 3 aromatic rings. The Morgan fingerprint density at radius 1 is 1.00 bits per heavy atom. The SMILES string of the molecule is COc1ccccc1OCc1ccc(C(=O)NC(CN(C)C)c2ccccc2)o1. The molecule has 1 amide bonds. The average Bonchev–Trinajstić information content (AvgIpc) is 3.21. The zero-order valence-electron chi connectivity index (χ0n) is 16.9.